The number of hydrogen-bond acceptors (Lipinski definition) is 3. The first-order valence-corrected chi connectivity index (χ1v) is 9.63. The maximum absolute atomic E-state index is 13.4. The molecule has 4 aromatic rings. The largest absolute Gasteiger partial charge is 0.416 e. The zero-order chi connectivity index (χ0) is 22.0. The van der Waals surface area contributed by atoms with E-state index in [2.05, 4.69) is 15.3 Å². The fourth-order valence-corrected chi connectivity index (χ4v) is 3.49. The van der Waals surface area contributed by atoms with Crippen LogP contribution in [0.25, 0.3) is 22.3 Å². The van der Waals surface area contributed by atoms with Gasteiger partial charge in [-0.3, -0.25) is 4.79 Å². The van der Waals surface area contributed by atoms with E-state index in [4.69, 9.17) is 0 Å². The van der Waals surface area contributed by atoms with Crippen molar-refractivity contribution in [2.24, 2.45) is 0 Å². The molecule has 0 spiro atoms. The summed E-state index contributed by atoms with van der Waals surface area (Å²) in [5.74, 6) is -0.498. The second-order valence-corrected chi connectivity index (χ2v) is 7.08. The van der Waals surface area contributed by atoms with Crippen molar-refractivity contribution in [1.82, 2.24) is 15.3 Å². The van der Waals surface area contributed by atoms with Gasteiger partial charge in [0, 0.05) is 17.1 Å². The maximum atomic E-state index is 13.4. The molecule has 0 aliphatic rings. The SMILES string of the molecule is CC(NC(=O)c1cc(-c2ccccc2)nc2ncccc12)c1ccccc1C(F)(F)F. The summed E-state index contributed by atoms with van der Waals surface area (Å²) >= 11 is 0. The number of pyridine rings is 2. The number of aromatic nitrogens is 2. The molecular formula is C24H18F3N3O. The second-order valence-electron chi connectivity index (χ2n) is 7.08. The van der Waals surface area contributed by atoms with Gasteiger partial charge < -0.3 is 5.32 Å². The molecule has 31 heavy (non-hydrogen) atoms. The zero-order valence-electron chi connectivity index (χ0n) is 16.5. The van der Waals surface area contributed by atoms with Gasteiger partial charge in [-0.1, -0.05) is 48.5 Å². The lowest BCUT2D eigenvalue weighted by Crippen LogP contribution is -2.28. The van der Waals surface area contributed by atoms with E-state index in [0.717, 1.165) is 11.6 Å². The molecule has 0 saturated heterocycles. The van der Waals surface area contributed by atoms with Crippen molar-refractivity contribution < 1.29 is 18.0 Å². The van der Waals surface area contributed by atoms with Gasteiger partial charge in [0.25, 0.3) is 5.91 Å². The number of rotatable bonds is 4. The summed E-state index contributed by atoms with van der Waals surface area (Å²) in [6.45, 7) is 1.53. The van der Waals surface area contributed by atoms with E-state index < -0.39 is 23.7 Å². The Morgan fingerprint density at radius 1 is 0.968 bits per heavy atom. The van der Waals surface area contributed by atoms with Crippen LogP contribution in [0.5, 0.6) is 0 Å². The van der Waals surface area contributed by atoms with E-state index in [9.17, 15) is 18.0 Å². The van der Waals surface area contributed by atoms with Crippen LogP contribution >= 0.6 is 0 Å². The van der Waals surface area contributed by atoms with Gasteiger partial charge in [-0.25, -0.2) is 9.97 Å². The molecule has 1 amide bonds. The van der Waals surface area contributed by atoms with Crippen molar-refractivity contribution in [1.29, 1.82) is 0 Å². The first-order chi connectivity index (χ1) is 14.8. The molecule has 0 radical (unpaired) electrons. The van der Waals surface area contributed by atoms with Crippen molar-refractivity contribution in [2.75, 3.05) is 0 Å². The fourth-order valence-electron chi connectivity index (χ4n) is 3.49. The van der Waals surface area contributed by atoms with Crippen LogP contribution in [-0.2, 0) is 6.18 Å². The summed E-state index contributed by atoms with van der Waals surface area (Å²) in [7, 11) is 0. The van der Waals surface area contributed by atoms with E-state index >= 15 is 0 Å². The van der Waals surface area contributed by atoms with Crippen molar-refractivity contribution in [3.8, 4) is 11.3 Å². The van der Waals surface area contributed by atoms with Crippen LogP contribution in [0.2, 0.25) is 0 Å². The van der Waals surface area contributed by atoms with Crippen molar-refractivity contribution in [3.05, 3.63) is 95.7 Å². The van der Waals surface area contributed by atoms with Crippen molar-refractivity contribution in [3.63, 3.8) is 0 Å². The molecular weight excluding hydrogens is 403 g/mol. The Hall–Kier alpha value is -3.74. The van der Waals surface area contributed by atoms with E-state index in [1.54, 1.807) is 24.4 Å². The molecule has 4 rings (SSSR count). The number of carbonyl (C=O) groups excluding carboxylic acids is 1. The number of benzene rings is 2. The highest BCUT2D eigenvalue weighted by Gasteiger charge is 2.34. The molecule has 0 fully saturated rings. The quantitative estimate of drug-likeness (QED) is 0.453. The third-order valence-electron chi connectivity index (χ3n) is 4.98. The van der Waals surface area contributed by atoms with Crippen molar-refractivity contribution >= 4 is 16.9 Å². The van der Waals surface area contributed by atoms with E-state index in [1.165, 1.54) is 25.1 Å². The van der Waals surface area contributed by atoms with E-state index in [-0.39, 0.29) is 5.56 Å². The molecule has 156 valence electrons. The van der Waals surface area contributed by atoms with Crippen LogP contribution in [0.1, 0.15) is 34.5 Å². The number of amides is 1. The van der Waals surface area contributed by atoms with E-state index in [0.29, 0.717) is 22.3 Å². The standard InChI is InChI=1S/C24H18F3N3O/c1-15(17-10-5-6-12-20(17)24(25,26)27)29-23(31)19-14-21(16-8-3-2-4-9-16)30-22-18(19)11-7-13-28-22/h2-15H,1H3,(H,29,31). The van der Waals surface area contributed by atoms with Gasteiger partial charge in [0.15, 0.2) is 5.65 Å². The Labute approximate surface area is 176 Å². The molecule has 2 aromatic carbocycles. The smallest absolute Gasteiger partial charge is 0.345 e. The Morgan fingerprint density at radius 2 is 1.68 bits per heavy atom. The van der Waals surface area contributed by atoms with Crippen LogP contribution in [0.4, 0.5) is 13.2 Å². The highest BCUT2D eigenvalue weighted by atomic mass is 19.4. The minimum Gasteiger partial charge on any atom is -0.345 e. The molecule has 0 aliphatic heterocycles. The van der Waals surface area contributed by atoms with Crippen LogP contribution in [0.3, 0.4) is 0 Å². The Balaban J connectivity index is 1.73. The predicted molar refractivity (Wildman–Crippen MR) is 112 cm³/mol. The van der Waals surface area contributed by atoms with Crippen LogP contribution in [0.15, 0.2) is 79.0 Å². The summed E-state index contributed by atoms with van der Waals surface area (Å²) in [5, 5.41) is 3.23. The molecule has 4 nitrogen and oxygen atoms in total. The normalized spacial score (nSPS) is 12.5. The topological polar surface area (TPSA) is 54.9 Å². The second kappa shape index (κ2) is 8.18. The number of carbonyl (C=O) groups is 1. The molecule has 0 aliphatic carbocycles. The van der Waals surface area contributed by atoms with Gasteiger partial charge in [0.05, 0.1) is 22.9 Å². The highest BCUT2D eigenvalue weighted by molar-refractivity contribution is 6.06. The molecule has 2 aromatic heterocycles. The summed E-state index contributed by atoms with van der Waals surface area (Å²) < 4.78 is 40.2. The van der Waals surface area contributed by atoms with Crippen molar-refractivity contribution in [2.45, 2.75) is 19.1 Å². The lowest BCUT2D eigenvalue weighted by atomic mass is 10.00. The average molecular weight is 421 g/mol. The first-order valence-electron chi connectivity index (χ1n) is 9.63. The Morgan fingerprint density at radius 3 is 2.42 bits per heavy atom. The predicted octanol–water partition coefficient (Wildman–Crippen LogP) is 5.81. The van der Waals surface area contributed by atoms with Crippen LogP contribution in [-0.4, -0.2) is 15.9 Å². The average Bonchev–Trinajstić information content (AvgIpc) is 2.78. The van der Waals surface area contributed by atoms with E-state index in [1.807, 2.05) is 30.3 Å². The Kier molecular flexibility index (Phi) is 5.42. The molecule has 1 N–H and O–H groups in total. The number of halogens is 3. The lowest BCUT2D eigenvalue weighted by molar-refractivity contribution is -0.138. The van der Waals surface area contributed by atoms with Gasteiger partial charge in [0.2, 0.25) is 0 Å². The number of nitrogens with zero attached hydrogens (tertiary/aromatic N) is 2. The number of nitrogens with one attached hydrogen (secondary N) is 1. The monoisotopic (exact) mass is 421 g/mol. The molecule has 2 heterocycles. The minimum atomic E-state index is -4.51. The van der Waals surface area contributed by atoms with Gasteiger partial charge >= 0.3 is 6.18 Å². The third-order valence-corrected chi connectivity index (χ3v) is 4.98. The fraction of sp³-hybridized carbons (Fsp3) is 0.125. The Bertz CT molecular complexity index is 1240. The molecule has 1 atom stereocenters. The zero-order valence-corrected chi connectivity index (χ0v) is 16.5. The van der Waals surface area contributed by atoms with Gasteiger partial charge in [-0.2, -0.15) is 13.2 Å². The highest BCUT2D eigenvalue weighted by Crippen LogP contribution is 2.34. The minimum absolute atomic E-state index is 0.00289. The van der Waals surface area contributed by atoms with Gasteiger partial charge in [0.1, 0.15) is 0 Å². The molecule has 7 heteroatoms. The number of fused-ring (bicyclic) bond motifs is 1. The van der Waals surface area contributed by atoms with Gasteiger partial charge in [-0.15, -0.1) is 0 Å². The number of alkyl halides is 3. The molecule has 0 saturated carbocycles. The van der Waals surface area contributed by atoms with Crippen LogP contribution in [0, 0.1) is 0 Å². The summed E-state index contributed by atoms with van der Waals surface area (Å²) in [4.78, 5) is 21.9. The molecule has 0 bridgehead atoms. The maximum Gasteiger partial charge on any atom is 0.416 e. The summed E-state index contributed by atoms with van der Waals surface area (Å²) in [5.41, 5.74) is 1.28. The van der Waals surface area contributed by atoms with Gasteiger partial charge in [-0.05, 0) is 36.8 Å². The van der Waals surface area contributed by atoms with Crippen LogP contribution < -0.4 is 5.32 Å². The lowest BCUT2D eigenvalue weighted by Gasteiger charge is -2.20. The number of hydrogen-bond donors (Lipinski definition) is 1. The summed E-state index contributed by atoms with van der Waals surface area (Å²) in [6, 6.07) is 18.7. The third kappa shape index (κ3) is 4.26. The first kappa shape index (κ1) is 20.5. The molecule has 1 unspecified atom stereocenters. The summed E-state index contributed by atoms with van der Waals surface area (Å²) in [6.07, 6.45) is -2.93.